The number of hydrogen-bond donors (Lipinski definition) is 1. The number of rotatable bonds is 2. The molecule has 0 unspecified atom stereocenters. The predicted octanol–water partition coefficient (Wildman–Crippen LogP) is 1.47. The van der Waals surface area contributed by atoms with Crippen LogP contribution in [0.2, 0.25) is 0 Å². The van der Waals surface area contributed by atoms with E-state index in [0.29, 0.717) is 0 Å². The predicted molar refractivity (Wildman–Crippen MR) is 55.8 cm³/mol. The third-order valence-electron chi connectivity index (χ3n) is 3.71. The first-order valence-corrected chi connectivity index (χ1v) is 5.74. The first kappa shape index (κ1) is 9.47. The van der Waals surface area contributed by atoms with Gasteiger partial charge in [0, 0.05) is 31.7 Å². The molecule has 0 radical (unpaired) electrons. The summed E-state index contributed by atoms with van der Waals surface area (Å²) < 4.78 is 0. The zero-order valence-electron chi connectivity index (χ0n) is 8.92. The summed E-state index contributed by atoms with van der Waals surface area (Å²) >= 11 is 0. The first-order chi connectivity index (χ1) is 6.27. The van der Waals surface area contributed by atoms with Crippen molar-refractivity contribution in [2.75, 3.05) is 19.6 Å². The van der Waals surface area contributed by atoms with Gasteiger partial charge in [0.25, 0.3) is 0 Å². The summed E-state index contributed by atoms with van der Waals surface area (Å²) in [5, 5.41) is 3.48. The number of hydrogen-bond acceptors (Lipinski definition) is 2. The summed E-state index contributed by atoms with van der Waals surface area (Å²) in [6.45, 7) is 8.40. The molecule has 2 rings (SSSR count). The molecule has 2 nitrogen and oxygen atoms in total. The lowest BCUT2D eigenvalue weighted by Gasteiger charge is -2.43. The molecule has 0 aromatic heterocycles. The molecular weight excluding hydrogens is 160 g/mol. The largest absolute Gasteiger partial charge is 0.314 e. The fourth-order valence-corrected chi connectivity index (χ4v) is 2.50. The van der Waals surface area contributed by atoms with Crippen LogP contribution >= 0.6 is 0 Å². The van der Waals surface area contributed by atoms with Gasteiger partial charge in [-0.3, -0.25) is 4.90 Å². The Morgan fingerprint density at radius 2 is 1.77 bits per heavy atom. The van der Waals surface area contributed by atoms with Crippen LogP contribution in [0.15, 0.2) is 0 Å². The van der Waals surface area contributed by atoms with Crippen LogP contribution in [0.3, 0.4) is 0 Å². The van der Waals surface area contributed by atoms with Crippen LogP contribution in [0.1, 0.15) is 33.1 Å². The van der Waals surface area contributed by atoms with Gasteiger partial charge in [-0.05, 0) is 32.6 Å². The van der Waals surface area contributed by atoms with E-state index in [1.54, 1.807) is 0 Å². The SMILES string of the molecule is C[C@@H]1CNC[C@H](C)N1CC1CCC1. The molecule has 1 aliphatic carbocycles. The van der Waals surface area contributed by atoms with Gasteiger partial charge in [0.05, 0.1) is 0 Å². The average Bonchev–Trinajstić information content (AvgIpc) is 2.00. The normalized spacial score (nSPS) is 37.4. The van der Waals surface area contributed by atoms with E-state index in [0.717, 1.165) is 18.0 Å². The zero-order valence-corrected chi connectivity index (χ0v) is 8.92. The Balaban J connectivity index is 1.85. The van der Waals surface area contributed by atoms with Gasteiger partial charge in [-0.15, -0.1) is 0 Å². The maximum atomic E-state index is 3.48. The Bertz CT molecular complexity index is 155. The van der Waals surface area contributed by atoms with E-state index in [2.05, 4.69) is 24.1 Å². The molecule has 0 amide bonds. The van der Waals surface area contributed by atoms with Gasteiger partial charge >= 0.3 is 0 Å². The lowest BCUT2D eigenvalue weighted by atomic mass is 9.84. The second-order valence-electron chi connectivity index (χ2n) is 4.85. The van der Waals surface area contributed by atoms with Crippen LogP contribution in [0.5, 0.6) is 0 Å². The quantitative estimate of drug-likeness (QED) is 0.695. The van der Waals surface area contributed by atoms with Gasteiger partial charge in [-0.1, -0.05) is 6.42 Å². The Morgan fingerprint density at radius 1 is 1.15 bits per heavy atom. The molecule has 2 fully saturated rings. The molecular formula is C11H22N2. The van der Waals surface area contributed by atoms with Crippen molar-refractivity contribution in [2.24, 2.45) is 5.92 Å². The van der Waals surface area contributed by atoms with Crippen molar-refractivity contribution in [1.82, 2.24) is 10.2 Å². The number of nitrogens with one attached hydrogen (secondary N) is 1. The molecule has 0 aromatic rings. The molecule has 2 heteroatoms. The summed E-state index contributed by atoms with van der Waals surface area (Å²) in [5.41, 5.74) is 0. The van der Waals surface area contributed by atoms with Crippen molar-refractivity contribution < 1.29 is 0 Å². The monoisotopic (exact) mass is 182 g/mol. The van der Waals surface area contributed by atoms with Crippen molar-refractivity contribution in [1.29, 1.82) is 0 Å². The topological polar surface area (TPSA) is 15.3 Å². The summed E-state index contributed by atoms with van der Waals surface area (Å²) in [6.07, 6.45) is 4.42. The second-order valence-corrected chi connectivity index (χ2v) is 4.85. The van der Waals surface area contributed by atoms with Crippen molar-refractivity contribution in [3.63, 3.8) is 0 Å². The fraction of sp³-hybridized carbons (Fsp3) is 1.00. The van der Waals surface area contributed by atoms with E-state index < -0.39 is 0 Å². The van der Waals surface area contributed by atoms with Gasteiger partial charge < -0.3 is 5.32 Å². The minimum Gasteiger partial charge on any atom is -0.314 e. The summed E-state index contributed by atoms with van der Waals surface area (Å²) in [5.74, 6) is 1.02. The van der Waals surface area contributed by atoms with Crippen molar-refractivity contribution in [3.8, 4) is 0 Å². The molecule has 0 aromatic carbocycles. The Hall–Kier alpha value is -0.0800. The standard InChI is InChI=1S/C11H22N2/c1-9-6-12-7-10(2)13(9)8-11-4-3-5-11/h9-12H,3-8H2,1-2H3/t9-,10+. The molecule has 2 atom stereocenters. The van der Waals surface area contributed by atoms with Gasteiger partial charge in [0.2, 0.25) is 0 Å². The Labute approximate surface area is 81.7 Å². The highest BCUT2D eigenvalue weighted by Crippen LogP contribution is 2.28. The van der Waals surface area contributed by atoms with E-state index in [-0.39, 0.29) is 0 Å². The first-order valence-electron chi connectivity index (χ1n) is 5.74. The van der Waals surface area contributed by atoms with E-state index in [1.165, 1.54) is 38.9 Å². The molecule has 76 valence electrons. The van der Waals surface area contributed by atoms with Crippen LogP contribution in [0.25, 0.3) is 0 Å². The Morgan fingerprint density at radius 3 is 2.23 bits per heavy atom. The van der Waals surface area contributed by atoms with Gasteiger partial charge in [-0.2, -0.15) is 0 Å². The minimum absolute atomic E-state index is 0.740. The molecule has 0 spiro atoms. The van der Waals surface area contributed by atoms with Crippen molar-refractivity contribution in [3.05, 3.63) is 0 Å². The van der Waals surface area contributed by atoms with Crippen LogP contribution in [0, 0.1) is 5.92 Å². The van der Waals surface area contributed by atoms with Gasteiger partial charge in [0.1, 0.15) is 0 Å². The third-order valence-corrected chi connectivity index (χ3v) is 3.71. The maximum Gasteiger partial charge on any atom is 0.0195 e. The zero-order chi connectivity index (χ0) is 9.26. The lowest BCUT2D eigenvalue weighted by molar-refractivity contribution is 0.0763. The molecule has 2 aliphatic rings. The molecule has 1 saturated carbocycles. The van der Waals surface area contributed by atoms with Gasteiger partial charge in [0.15, 0.2) is 0 Å². The second kappa shape index (κ2) is 3.97. The van der Waals surface area contributed by atoms with E-state index in [9.17, 15) is 0 Å². The molecule has 1 N–H and O–H groups in total. The van der Waals surface area contributed by atoms with Crippen molar-refractivity contribution >= 4 is 0 Å². The molecule has 1 heterocycles. The summed E-state index contributed by atoms with van der Waals surface area (Å²) in [6, 6.07) is 1.48. The summed E-state index contributed by atoms with van der Waals surface area (Å²) in [4.78, 5) is 2.69. The maximum absolute atomic E-state index is 3.48. The minimum atomic E-state index is 0.740. The van der Waals surface area contributed by atoms with Crippen LogP contribution in [0.4, 0.5) is 0 Å². The Kier molecular flexibility index (Phi) is 2.89. The summed E-state index contributed by atoms with van der Waals surface area (Å²) in [7, 11) is 0. The van der Waals surface area contributed by atoms with E-state index >= 15 is 0 Å². The average molecular weight is 182 g/mol. The van der Waals surface area contributed by atoms with Crippen LogP contribution in [-0.4, -0.2) is 36.6 Å². The number of piperazine rings is 1. The fourth-order valence-electron chi connectivity index (χ4n) is 2.50. The smallest absolute Gasteiger partial charge is 0.0195 e. The van der Waals surface area contributed by atoms with E-state index in [1.807, 2.05) is 0 Å². The van der Waals surface area contributed by atoms with Crippen molar-refractivity contribution in [2.45, 2.75) is 45.2 Å². The molecule has 0 bridgehead atoms. The van der Waals surface area contributed by atoms with Crippen LogP contribution in [-0.2, 0) is 0 Å². The lowest BCUT2D eigenvalue weighted by Crippen LogP contribution is -2.56. The van der Waals surface area contributed by atoms with E-state index in [4.69, 9.17) is 0 Å². The highest BCUT2D eigenvalue weighted by atomic mass is 15.2. The third kappa shape index (κ3) is 2.05. The molecule has 1 aliphatic heterocycles. The highest BCUT2D eigenvalue weighted by Gasteiger charge is 2.28. The molecule has 1 saturated heterocycles. The molecule has 13 heavy (non-hydrogen) atoms. The van der Waals surface area contributed by atoms with Crippen LogP contribution < -0.4 is 5.32 Å². The highest BCUT2D eigenvalue weighted by molar-refractivity contribution is 4.85. The van der Waals surface area contributed by atoms with Gasteiger partial charge in [-0.25, -0.2) is 0 Å². The number of nitrogens with zero attached hydrogens (tertiary/aromatic N) is 1.